The fourth-order valence-electron chi connectivity index (χ4n) is 3.50. The molecule has 0 saturated heterocycles. The minimum atomic E-state index is -0.531. The van der Waals surface area contributed by atoms with Gasteiger partial charge >= 0.3 is 5.97 Å². The number of fused-ring (bicyclic) bond motifs is 1. The van der Waals surface area contributed by atoms with E-state index in [9.17, 15) is 14.4 Å². The van der Waals surface area contributed by atoms with Crippen molar-refractivity contribution >= 4 is 22.8 Å². The minimum absolute atomic E-state index is 0.179. The monoisotopic (exact) mass is 446 g/mol. The summed E-state index contributed by atoms with van der Waals surface area (Å²) in [6.07, 6.45) is 4.48. The molecular weight excluding hydrogens is 424 g/mol. The average Bonchev–Trinajstić information content (AvgIpc) is 3.32. The van der Waals surface area contributed by atoms with Gasteiger partial charge < -0.3 is 14.6 Å². The van der Waals surface area contributed by atoms with Crippen LogP contribution in [0.2, 0.25) is 0 Å². The highest BCUT2D eigenvalue weighted by Crippen LogP contribution is 2.12. The number of nitrogens with one attached hydrogen (secondary N) is 1. The van der Waals surface area contributed by atoms with Gasteiger partial charge in [-0.05, 0) is 37.1 Å². The number of amides is 1. The molecule has 0 aliphatic heterocycles. The lowest BCUT2D eigenvalue weighted by Gasteiger charge is -2.12. The van der Waals surface area contributed by atoms with Crippen molar-refractivity contribution in [3.63, 3.8) is 0 Å². The summed E-state index contributed by atoms with van der Waals surface area (Å²) < 4.78 is 7.95. The van der Waals surface area contributed by atoms with E-state index in [2.05, 4.69) is 25.3 Å². The molecule has 0 radical (unpaired) electrons. The van der Waals surface area contributed by atoms with Crippen LogP contribution in [0.1, 0.15) is 33.1 Å². The van der Waals surface area contributed by atoms with E-state index in [1.54, 1.807) is 46.8 Å². The third-order valence-corrected chi connectivity index (χ3v) is 5.23. The Morgan fingerprint density at radius 3 is 2.79 bits per heavy atom. The van der Waals surface area contributed by atoms with Crippen molar-refractivity contribution in [2.45, 2.75) is 12.8 Å². The number of esters is 1. The van der Waals surface area contributed by atoms with Crippen LogP contribution in [0.25, 0.3) is 16.6 Å². The first-order valence-electron chi connectivity index (χ1n) is 10.3. The van der Waals surface area contributed by atoms with Gasteiger partial charge in [0.1, 0.15) is 11.4 Å². The summed E-state index contributed by atoms with van der Waals surface area (Å²) in [5.74, 6) is -0.840. The van der Waals surface area contributed by atoms with Crippen molar-refractivity contribution in [3.05, 3.63) is 82.2 Å². The van der Waals surface area contributed by atoms with Gasteiger partial charge in [-0.1, -0.05) is 17.3 Å². The third-order valence-electron chi connectivity index (χ3n) is 5.23. The molecule has 3 aromatic heterocycles. The smallest absolute Gasteiger partial charge is 0.356 e. The second-order valence-electron chi connectivity index (χ2n) is 7.37. The number of benzene rings is 1. The fraction of sp³-hybridized carbons (Fsp3) is 0.217. The van der Waals surface area contributed by atoms with E-state index < -0.39 is 5.97 Å². The number of hydrogen-bond donors (Lipinski definition) is 1. The lowest BCUT2D eigenvalue weighted by Crippen LogP contribution is -2.29. The molecule has 4 rings (SSSR count). The summed E-state index contributed by atoms with van der Waals surface area (Å²) in [5, 5.41) is 11.7. The molecule has 0 fully saturated rings. The molecule has 0 saturated carbocycles. The van der Waals surface area contributed by atoms with Gasteiger partial charge in [0.05, 0.1) is 30.2 Å². The van der Waals surface area contributed by atoms with Gasteiger partial charge in [0.15, 0.2) is 5.43 Å². The van der Waals surface area contributed by atoms with Crippen LogP contribution in [0, 0.1) is 0 Å². The number of aryl methyl sites for hydroxylation is 2. The maximum absolute atomic E-state index is 12.6. The molecule has 1 aromatic carbocycles. The van der Waals surface area contributed by atoms with Gasteiger partial charge in [-0.3, -0.25) is 9.59 Å². The number of pyridine rings is 2. The Hall–Kier alpha value is -4.34. The number of nitrogens with zero attached hydrogens (tertiary/aromatic N) is 5. The molecule has 1 N–H and O–H groups in total. The second kappa shape index (κ2) is 9.43. The Kier molecular flexibility index (Phi) is 6.25. The molecule has 10 nitrogen and oxygen atoms in total. The molecular formula is C23H22N6O4. The fourth-order valence-corrected chi connectivity index (χ4v) is 3.50. The lowest BCUT2D eigenvalue weighted by atomic mass is 10.1. The number of carbonyl (C=O) groups is 2. The van der Waals surface area contributed by atoms with Crippen molar-refractivity contribution in [1.29, 1.82) is 0 Å². The van der Waals surface area contributed by atoms with Gasteiger partial charge in [0, 0.05) is 31.2 Å². The molecule has 1 amide bonds. The van der Waals surface area contributed by atoms with Crippen molar-refractivity contribution in [2.75, 3.05) is 13.7 Å². The standard InChI is InChI=1S/C23H22N6O4/c1-28-19-8-4-3-7-17(19)21(30)13-20(28)22(31)25-10-5-6-15-14-29(27-26-15)16-9-11-24-18(12-16)23(32)33-2/h3-4,7-9,11-14H,5-6,10H2,1-2H3,(H,25,31). The van der Waals surface area contributed by atoms with E-state index in [1.165, 1.54) is 19.4 Å². The summed E-state index contributed by atoms with van der Waals surface area (Å²) in [4.78, 5) is 40.6. The van der Waals surface area contributed by atoms with Gasteiger partial charge in [-0.2, -0.15) is 0 Å². The predicted molar refractivity (Wildman–Crippen MR) is 120 cm³/mol. The SMILES string of the molecule is COC(=O)c1cc(-n2cc(CCCNC(=O)c3cc(=O)c4ccccc4n3C)nn2)ccn1. The van der Waals surface area contributed by atoms with Crippen molar-refractivity contribution in [1.82, 2.24) is 29.9 Å². The van der Waals surface area contributed by atoms with Gasteiger partial charge in [0.2, 0.25) is 0 Å². The molecule has 0 aliphatic carbocycles. The molecule has 168 valence electrons. The third kappa shape index (κ3) is 4.64. The molecule has 0 unspecified atom stereocenters. The van der Waals surface area contributed by atoms with E-state index in [0.29, 0.717) is 41.7 Å². The van der Waals surface area contributed by atoms with Gasteiger partial charge in [-0.15, -0.1) is 5.10 Å². The van der Waals surface area contributed by atoms with E-state index in [4.69, 9.17) is 0 Å². The minimum Gasteiger partial charge on any atom is -0.464 e. The topological polar surface area (TPSA) is 121 Å². The zero-order chi connectivity index (χ0) is 23.4. The Morgan fingerprint density at radius 1 is 1.15 bits per heavy atom. The largest absolute Gasteiger partial charge is 0.464 e. The number of aromatic nitrogens is 5. The van der Waals surface area contributed by atoms with Gasteiger partial charge in [-0.25, -0.2) is 14.5 Å². The van der Waals surface area contributed by atoms with Crippen LogP contribution < -0.4 is 10.7 Å². The number of carbonyl (C=O) groups excluding carboxylic acids is 2. The number of para-hydroxylation sites is 1. The van der Waals surface area contributed by atoms with E-state index in [1.807, 2.05) is 12.1 Å². The Bertz CT molecular complexity index is 1390. The highest BCUT2D eigenvalue weighted by Gasteiger charge is 2.13. The van der Waals surface area contributed by atoms with E-state index in [0.717, 1.165) is 5.69 Å². The molecule has 0 bridgehead atoms. The zero-order valence-corrected chi connectivity index (χ0v) is 18.2. The van der Waals surface area contributed by atoms with E-state index in [-0.39, 0.29) is 17.0 Å². The van der Waals surface area contributed by atoms with Crippen LogP contribution in [-0.2, 0) is 18.2 Å². The number of methoxy groups -OCH3 is 1. The zero-order valence-electron chi connectivity index (χ0n) is 18.2. The summed E-state index contributed by atoms with van der Waals surface area (Å²) in [7, 11) is 3.06. The molecule has 33 heavy (non-hydrogen) atoms. The second-order valence-corrected chi connectivity index (χ2v) is 7.37. The van der Waals surface area contributed by atoms with E-state index >= 15 is 0 Å². The molecule has 0 spiro atoms. The van der Waals surface area contributed by atoms with Crippen LogP contribution in [0.4, 0.5) is 0 Å². The average molecular weight is 446 g/mol. The number of ether oxygens (including phenoxy) is 1. The molecule has 10 heteroatoms. The van der Waals surface area contributed by atoms with Crippen LogP contribution in [0.15, 0.2) is 59.7 Å². The molecule has 4 aromatic rings. The highest BCUT2D eigenvalue weighted by atomic mass is 16.5. The molecule has 0 atom stereocenters. The van der Waals surface area contributed by atoms with Crippen LogP contribution in [0.5, 0.6) is 0 Å². The van der Waals surface area contributed by atoms with Crippen molar-refractivity contribution in [3.8, 4) is 5.69 Å². The summed E-state index contributed by atoms with van der Waals surface area (Å²) in [6, 6.07) is 11.8. The first kappa shape index (κ1) is 21.9. The maximum atomic E-state index is 12.6. The first-order chi connectivity index (χ1) is 16.0. The van der Waals surface area contributed by atoms with Crippen LogP contribution in [-0.4, -0.2) is 50.1 Å². The number of rotatable bonds is 7. The Balaban J connectivity index is 1.36. The highest BCUT2D eigenvalue weighted by molar-refractivity contribution is 5.95. The van der Waals surface area contributed by atoms with Crippen LogP contribution in [0.3, 0.4) is 0 Å². The summed E-state index contributed by atoms with van der Waals surface area (Å²) in [6.45, 7) is 0.411. The Labute approximate surface area is 188 Å². The summed E-state index contributed by atoms with van der Waals surface area (Å²) >= 11 is 0. The molecule has 0 aliphatic rings. The van der Waals surface area contributed by atoms with Crippen molar-refractivity contribution in [2.24, 2.45) is 7.05 Å². The van der Waals surface area contributed by atoms with Crippen LogP contribution >= 0.6 is 0 Å². The lowest BCUT2D eigenvalue weighted by molar-refractivity contribution is 0.0594. The Morgan fingerprint density at radius 2 is 1.97 bits per heavy atom. The maximum Gasteiger partial charge on any atom is 0.356 e. The quantitative estimate of drug-likeness (QED) is 0.338. The first-order valence-corrected chi connectivity index (χ1v) is 10.3. The van der Waals surface area contributed by atoms with Crippen molar-refractivity contribution < 1.29 is 14.3 Å². The molecule has 3 heterocycles. The van der Waals surface area contributed by atoms with Gasteiger partial charge in [0.25, 0.3) is 5.91 Å². The summed E-state index contributed by atoms with van der Waals surface area (Å²) in [5.41, 5.74) is 2.38. The predicted octanol–water partition coefficient (Wildman–Crippen LogP) is 1.66. The number of hydrogen-bond acceptors (Lipinski definition) is 7. The normalized spacial score (nSPS) is 10.8.